The Morgan fingerprint density at radius 3 is 2.86 bits per heavy atom. The van der Waals surface area contributed by atoms with Crippen molar-refractivity contribution in [3.8, 4) is 5.75 Å². The van der Waals surface area contributed by atoms with Crippen molar-refractivity contribution in [3.63, 3.8) is 0 Å². The van der Waals surface area contributed by atoms with E-state index in [0.717, 1.165) is 17.4 Å². The quantitative estimate of drug-likeness (QED) is 0.728. The maximum absolute atomic E-state index is 14.5. The fourth-order valence-electron chi connectivity index (χ4n) is 3.56. The lowest BCUT2D eigenvalue weighted by molar-refractivity contribution is -0.136. The summed E-state index contributed by atoms with van der Waals surface area (Å²) in [5, 5.41) is 3.93. The van der Waals surface area contributed by atoms with Crippen LogP contribution >= 0.6 is 0 Å². The molecule has 0 saturated carbocycles. The summed E-state index contributed by atoms with van der Waals surface area (Å²) in [6.07, 6.45) is 2.37. The summed E-state index contributed by atoms with van der Waals surface area (Å²) >= 11 is 0. The van der Waals surface area contributed by atoms with Crippen LogP contribution in [0.15, 0.2) is 54.7 Å². The van der Waals surface area contributed by atoms with Gasteiger partial charge in [0.1, 0.15) is 0 Å². The van der Waals surface area contributed by atoms with Gasteiger partial charge in [-0.2, -0.15) is 0 Å². The van der Waals surface area contributed by atoms with Crippen LogP contribution in [0.2, 0.25) is 0 Å². The zero-order chi connectivity index (χ0) is 19.7. The molecule has 1 atom stereocenters. The molecular weight excluding hydrogens is 357 g/mol. The Hall–Kier alpha value is -2.99. The summed E-state index contributed by atoms with van der Waals surface area (Å²) in [7, 11) is 1.45. The topological polar surface area (TPSA) is 54.5 Å². The number of nitrogens with zero attached hydrogens (tertiary/aromatic N) is 2. The molecule has 0 bridgehead atoms. The monoisotopic (exact) mass is 379 g/mol. The third kappa shape index (κ3) is 3.20. The fourth-order valence-corrected chi connectivity index (χ4v) is 3.56. The predicted molar refractivity (Wildman–Crippen MR) is 107 cm³/mol. The third-order valence-electron chi connectivity index (χ3n) is 5.53. The van der Waals surface area contributed by atoms with Gasteiger partial charge in [0.15, 0.2) is 11.6 Å². The SMILES string of the molecule is COc1cccc(CN2CCC2(C)C(=O)Nc2cnc3ccccc3c2)c1F. The minimum Gasteiger partial charge on any atom is -0.494 e. The summed E-state index contributed by atoms with van der Waals surface area (Å²) in [5.74, 6) is -0.274. The molecule has 3 aromatic rings. The molecule has 0 spiro atoms. The first-order valence-corrected chi connectivity index (χ1v) is 9.24. The number of pyridine rings is 1. The Labute approximate surface area is 163 Å². The highest BCUT2D eigenvalue weighted by Crippen LogP contribution is 2.34. The van der Waals surface area contributed by atoms with E-state index in [1.807, 2.05) is 42.2 Å². The Balaban J connectivity index is 1.50. The van der Waals surface area contributed by atoms with Crippen LogP contribution in [0.4, 0.5) is 10.1 Å². The van der Waals surface area contributed by atoms with Gasteiger partial charge in [-0.1, -0.05) is 30.3 Å². The number of hydrogen-bond donors (Lipinski definition) is 1. The number of amides is 1. The Bertz CT molecular complexity index is 1040. The maximum Gasteiger partial charge on any atom is 0.244 e. The highest BCUT2D eigenvalue weighted by atomic mass is 19.1. The zero-order valence-electron chi connectivity index (χ0n) is 15.9. The van der Waals surface area contributed by atoms with Gasteiger partial charge < -0.3 is 10.1 Å². The van der Waals surface area contributed by atoms with Crippen LogP contribution in [-0.2, 0) is 11.3 Å². The summed E-state index contributed by atoms with van der Waals surface area (Å²) in [4.78, 5) is 19.3. The molecule has 2 heterocycles. The van der Waals surface area contributed by atoms with Crippen molar-refractivity contribution in [2.24, 2.45) is 0 Å². The number of carbonyl (C=O) groups excluding carboxylic acids is 1. The summed E-state index contributed by atoms with van der Waals surface area (Å²) < 4.78 is 19.5. The van der Waals surface area contributed by atoms with Crippen LogP contribution in [-0.4, -0.2) is 35.0 Å². The minimum absolute atomic E-state index is 0.112. The molecule has 4 rings (SSSR count). The highest BCUT2D eigenvalue weighted by Gasteiger charge is 2.46. The van der Waals surface area contributed by atoms with E-state index in [9.17, 15) is 9.18 Å². The van der Waals surface area contributed by atoms with Gasteiger partial charge in [-0.3, -0.25) is 14.7 Å². The van der Waals surface area contributed by atoms with Crippen LogP contribution in [0, 0.1) is 5.82 Å². The van der Waals surface area contributed by atoms with Gasteiger partial charge in [0.05, 0.1) is 30.0 Å². The second-order valence-electron chi connectivity index (χ2n) is 7.25. The van der Waals surface area contributed by atoms with E-state index in [1.54, 1.807) is 24.4 Å². The standard InChI is InChI=1S/C22H22FN3O2/c1-22(10-11-26(22)14-16-7-5-9-19(28-2)20(16)23)21(27)25-17-12-15-6-3-4-8-18(15)24-13-17/h3-9,12-13H,10-11,14H2,1-2H3,(H,25,27). The van der Waals surface area contributed by atoms with Crippen LogP contribution < -0.4 is 10.1 Å². The van der Waals surface area contributed by atoms with E-state index in [0.29, 0.717) is 24.2 Å². The summed E-state index contributed by atoms with van der Waals surface area (Å²) in [6.45, 7) is 2.97. The van der Waals surface area contributed by atoms with Crippen molar-refractivity contribution in [2.75, 3.05) is 19.0 Å². The lowest BCUT2D eigenvalue weighted by atomic mass is 9.85. The number of benzene rings is 2. The molecule has 1 aliphatic heterocycles. The van der Waals surface area contributed by atoms with Gasteiger partial charge in [0, 0.05) is 24.0 Å². The zero-order valence-corrected chi connectivity index (χ0v) is 15.9. The second-order valence-corrected chi connectivity index (χ2v) is 7.25. The number of fused-ring (bicyclic) bond motifs is 1. The molecule has 1 saturated heterocycles. The molecule has 1 aromatic heterocycles. The molecule has 28 heavy (non-hydrogen) atoms. The van der Waals surface area contributed by atoms with Crippen molar-refractivity contribution in [3.05, 3.63) is 66.1 Å². The number of aromatic nitrogens is 1. The van der Waals surface area contributed by atoms with Crippen molar-refractivity contribution in [2.45, 2.75) is 25.4 Å². The van der Waals surface area contributed by atoms with Gasteiger partial charge in [-0.25, -0.2) is 4.39 Å². The van der Waals surface area contributed by atoms with E-state index in [4.69, 9.17) is 4.74 Å². The van der Waals surface area contributed by atoms with E-state index in [1.165, 1.54) is 7.11 Å². The summed E-state index contributed by atoms with van der Waals surface area (Å²) in [6, 6.07) is 14.7. The van der Waals surface area contributed by atoms with Gasteiger partial charge in [-0.05, 0) is 31.5 Å². The van der Waals surface area contributed by atoms with Crippen molar-refractivity contribution < 1.29 is 13.9 Å². The average Bonchev–Trinajstić information content (AvgIpc) is 2.71. The smallest absolute Gasteiger partial charge is 0.244 e. The van der Waals surface area contributed by atoms with Crippen LogP contribution in [0.25, 0.3) is 10.9 Å². The maximum atomic E-state index is 14.5. The molecule has 2 aromatic carbocycles. The first-order valence-electron chi connectivity index (χ1n) is 9.24. The van der Waals surface area contributed by atoms with E-state index < -0.39 is 5.54 Å². The van der Waals surface area contributed by atoms with Crippen molar-refractivity contribution in [1.82, 2.24) is 9.88 Å². The molecular formula is C22H22FN3O2. The number of halogens is 1. The Morgan fingerprint density at radius 2 is 2.11 bits per heavy atom. The van der Waals surface area contributed by atoms with Crippen LogP contribution in [0.5, 0.6) is 5.75 Å². The average molecular weight is 379 g/mol. The summed E-state index contributed by atoms with van der Waals surface area (Å²) in [5.41, 5.74) is 1.36. The molecule has 1 N–H and O–H groups in total. The molecule has 0 radical (unpaired) electrons. The highest BCUT2D eigenvalue weighted by molar-refractivity contribution is 5.99. The second kappa shape index (κ2) is 7.20. The predicted octanol–water partition coefficient (Wildman–Crippen LogP) is 3.99. The molecule has 1 amide bonds. The number of ether oxygens (including phenoxy) is 1. The molecule has 1 aliphatic rings. The molecule has 6 heteroatoms. The molecule has 5 nitrogen and oxygen atoms in total. The van der Waals surface area contributed by atoms with Gasteiger partial charge >= 0.3 is 0 Å². The number of hydrogen-bond acceptors (Lipinski definition) is 4. The lowest BCUT2D eigenvalue weighted by Gasteiger charge is -2.49. The number of methoxy groups -OCH3 is 1. The first-order chi connectivity index (χ1) is 13.5. The number of anilines is 1. The van der Waals surface area contributed by atoms with E-state index >= 15 is 0 Å². The first kappa shape index (κ1) is 18.4. The van der Waals surface area contributed by atoms with Crippen LogP contribution in [0.3, 0.4) is 0 Å². The van der Waals surface area contributed by atoms with Gasteiger partial charge in [-0.15, -0.1) is 0 Å². The molecule has 1 fully saturated rings. The fraction of sp³-hybridized carbons (Fsp3) is 0.273. The van der Waals surface area contributed by atoms with Crippen molar-refractivity contribution >= 4 is 22.5 Å². The number of para-hydroxylation sites is 1. The largest absolute Gasteiger partial charge is 0.494 e. The number of rotatable bonds is 5. The molecule has 144 valence electrons. The third-order valence-corrected chi connectivity index (χ3v) is 5.53. The van der Waals surface area contributed by atoms with Crippen LogP contribution in [0.1, 0.15) is 18.9 Å². The number of nitrogens with one attached hydrogen (secondary N) is 1. The number of likely N-dealkylation sites (tertiary alicyclic amines) is 1. The van der Waals surface area contributed by atoms with Gasteiger partial charge in [0.2, 0.25) is 5.91 Å². The normalized spacial score (nSPS) is 19.2. The number of carbonyl (C=O) groups is 1. The Morgan fingerprint density at radius 1 is 1.29 bits per heavy atom. The Kier molecular flexibility index (Phi) is 4.73. The van der Waals surface area contributed by atoms with Gasteiger partial charge in [0.25, 0.3) is 0 Å². The molecule has 0 aliphatic carbocycles. The van der Waals surface area contributed by atoms with E-state index in [2.05, 4.69) is 10.3 Å². The lowest BCUT2D eigenvalue weighted by Crippen LogP contribution is -2.63. The molecule has 1 unspecified atom stereocenters. The van der Waals surface area contributed by atoms with Crippen molar-refractivity contribution in [1.29, 1.82) is 0 Å². The minimum atomic E-state index is -0.693. The van der Waals surface area contributed by atoms with E-state index in [-0.39, 0.29) is 17.5 Å².